The van der Waals surface area contributed by atoms with Crippen molar-refractivity contribution in [3.05, 3.63) is 76.6 Å². The molecule has 0 radical (unpaired) electrons. The van der Waals surface area contributed by atoms with Crippen molar-refractivity contribution < 1.29 is 18.3 Å². The Kier molecular flexibility index (Phi) is 5.72. The van der Waals surface area contributed by atoms with Crippen LogP contribution in [0.2, 0.25) is 0 Å². The second-order valence-corrected chi connectivity index (χ2v) is 7.98. The molecule has 7 heteroatoms. The predicted octanol–water partition coefficient (Wildman–Crippen LogP) is 5.69. The largest absolute Gasteiger partial charge is 0.496 e. The summed E-state index contributed by atoms with van der Waals surface area (Å²) in [6.45, 7) is 5.13. The number of ether oxygens (including phenoxy) is 1. The highest BCUT2D eigenvalue weighted by Crippen LogP contribution is 2.38. The standard InChI is InChI=1S/C26H23F2N3O2/c1-13-6-20(24(33-4)10-23(13)28)22-12-31-26-21(22)8-17(11-30-26)19-9-18(27)7-16(15(19)3)5-14(2)25(29)32/h5-12H,1-4H3,(H2,29,32)(H,30,31)/b14-5+. The van der Waals surface area contributed by atoms with Crippen molar-refractivity contribution in [1.82, 2.24) is 9.97 Å². The highest BCUT2D eigenvalue weighted by Gasteiger charge is 2.17. The molecule has 2 aromatic carbocycles. The molecule has 5 nitrogen and oxygen atoms in total. The van der Waals surface area contributed by atoms with Gasteiger partial charge in [-0.05, 0) is 73.4 Å². The molecule has 0 aliphatic carbocycles. The number of aromatic amines is 1. The van der Waals surface area contributed by atoms with Gasteiger partial charge in [0.05, 0.1) is 7.11 Å². The Bertz CT molecular complexity index is 1440. The summed E-state index contributed by atoms with van der Waals surface area (Å²) >= 11 is 0. The van der Waals surface area contributed by atoms with Gasteiger partial charge < -0.3 is 15.5 Å². The number of H-pyrrole nitrogens is 1. The quantitative estimate of drug-likeness (QED) is 0.386. The molecule has 0 bridgehead atoms. The van der Waals surface area contributed by atoms with Crippen LogP contribution in [-0.2, 0) is 4.79 Å². The van der Waals surface area contributed by atoms with E-state index in [0.717, 1.165) is 22.1 Å². The molecule has 33 heavy (non-hydrogen) atoms. The molecule has 0 saturated carbocycles. The number of aryl methyl sites for hydroxylation is 1. The maximum atomic E-state index is 14.5. The number of halogens is 2. The van der Waals surface area contributed by atoms with Crippen LogP contribution in [0.4, 0.5) is 8.78 Å². The van der Waals surface area contributed by atoms with E-state index in [2.05, 4.69) is 9.97 Å². The molecule has 2 heterocycles. The molecule has 0 unspecified atom stereocenters. The molecule has 0 saturated heterocycles. The van der Waals surface area contributed by atoms with Gasteiger partial charge in [0.2, 0.25) is 5.91 Å². The zero-order valence-corrected chi connectivity index (χ0v) is 18.7. The summed E-state index contributed by atoms with van der Waals surface area (Å²) in [5.41, 5.74) is 11.0. The molecule has 0 atom stereocenters. The van der Waals surface area contributed by atoms with Crippen molar-refractivity contribution in [2.45, 2.75) is 20.8 Å². The Labute approximate surface area is 189 Å². The minimum atomic E-state index is -0.566. The number of nitrogens with one attached hydrogen (secondary N) is 1. The summed E-state index contributed by atoms with van der Waals surface area (Å²) in [7, 11) is 1.49. The fraction of sp³-hybridized carbons (Fsp3) is 0.154. The average molecular weight is 447 g/mol. The highest BCUT2D eigenvalue weighted by atomic mass is 19.1. The lowest BCUT2D eigenvalue weighted by molar-refractivity contribution is -0.114. The minimum Gasteiger partial charge on any atom is -0.496 e. The fourth-order valence-electron chi connectivity index (χ4n) is 3.87. The zero-order valence-electron chi connectivity index (χ0n) is 18.7. The lowest BCUT2D eigenvalue weighted by Gasteiger charge is -2.12. The molecule has 3 N–H and O–H groups in total. The van der Waals surface area contributed by atoms with E-state index in [-0.39, 0.29) is 5.82 Å². The lowest BCUT2D eigenvalue weighted by Crippen LogP contribution is -2.11. The molecule has 1 amide bonds. The Balaban J connectivity index is 1.91. The van der Waals surface area contributed by atoms with E-state index in [1.54, 1.807) is 38.4 Å². The van der Waals surface area contributed by atoms with Crippen LogP contribution in [0.1, 0.15) is 23.6 Å². The number of primary amides is 1. The minimum absolute atomic E-state index is 0.329. The van der Waals surface area contributed by atoms with Gasteiger partial charge in [0, 0.05) is 46.1 Å². The van der Waals surface area contributed by atoms with Crippen LogP contribution >= 0.6 is 0 Å². The molecule has 0 spiro atoms. The topological polar surface area (TPSA) is 81.0 Å². The summed E-state index contributed by atoms with van der Waals surface area (Å²) in [5.74, 6) is -0.953. The van der Waals surface area contributed by atoms with Crippen molar-refractivity contribution in [2.24, 2.45) is 5.73 Å². The van der Waals surface area contributed by atoms with Gasteiger partial charge in [-0.15, -0.1) is 0 Å². The fourth-order valence-corrected chi connectivity index (χ4v) is 3.87. The van der Waals surface area contributed by atoms with Crippen molar-refractivity contribution in [3.8, 4) is 28.0 Å². The molecular formula is C26H23F2N3O2. The van der Waals surface area contributed by atoms with Crippen LogP contribution in [0.25, 0.3) is 39.4 Å². The Morgan fingerprint density at radius 1 is 1.09 bits per heavy atom. The van der Waals surface area contributed by atoms with Crippen LogP contribution in [0.3, 0.4) is 0 Å². The second kappa shape index (κ2) is 8.50. The van der Waals surface area contributed by atoms with Crippen molar-refractivity contribution in [2.75, 3.05) is 7.11 Å². The summed E-state index contributed by atoms with van der Waals surface area (Å²) in [5, 5.41) is 0.783. The third-order valence-corrected chi connectivity index (χ3v) is 5.79. The highest BCUT2D eigenvalue weighted by molar-refractivity contribution is 5.98. The summed E-state index contributed by atoms with van der Waals surface area (Å²) < 4.78 is 34.0. The Morgan fingerprint density at radius 3 is 2.55 bits per heavy atom. The Hall–Kier alpha value is -4.00. The van der Waals surface area contributed by atoms with E-state index in [9.17, 15) is 13.6 Å². The summed E-state index contributed by atoms with van der Waals surface area (Å²) in [6, 6.07) is 7.79. The average Bonchev–Trinajstić information content (AvgIpc) is 3.20. The first-order valence-corrected chi connectivity index (χ1v) is 10.3. The lowest BCUT2D eigenvalue weighted by atomic mass is 9.94. The van der Waals surface area contributed by atoms with Gasteiger partial charge in [-0.2, -0.15) is 0 Å². The smallest absolute Gasteiger partial charge is 0.244 e. The van der Waals surface area contributed by atoms with Gasteiger partial charge in [0.1, 0.15) is 23.0 Å². The van der Waals surface area contributed by atoms with Crippen LogP contribution in [0.5, 0.6) is 5.75 Å². The normalized spacial score (nSPS) is 11.8. The first-order chi connectivity index (χ1) is 15.7. The van der Waals surface area contributed by atoms with Crippen LogP contribution in [0.15, 0.2) is 48.3 Å². The maximum Gasteiger partial charge on any atom is 0.244 e. The van der Waals surface area contributed by atoms with Gasteiger partial charge in [-0.25, -0.2) is 13.8 Å². The first kappa shape index (κ1) is 22.2. The molecule has 0 aliphatic heterocycles. The number of carbonyl (C=O) groups is 1. The number of nitrogens with two attached hydrogens (primary N) is 1. The molecule has 0 aliphatic rings. The number of methoxy groups -OCH3 is 1. The number of rotatable bonds is 5. The zero-order chi connectivity index (χ0) is 23.9. The number of aromatic nitrogens is 2. The predicted molar refractivity (Wildman–Crippen MR) is 126 cm³/mol. The molecule has 4 rings (SSSR count). The first-order valence-electron chi connectivity index (χ1n) is 10.3. The number of carbonyl (C=O) groups excluding carboxylic acids is 1. The second-order valence-electron chi connectivity index (χ2n) is 7.98. The molecule has 2 aromatic heterocycles. The van der Waals surface area contributed by atoms with Crippen LogP contribution < -0.4 is 10.5 Å². The van der Waals surface area contributed by atoms with Gasteiger partial charge in [0.15, 0.2) is 0 Å². The van der Waals surface area contributed by atoms with Gasteiger partial charge in [-0.1, -0.05) is 0 Å². The van der Waals surface area contributed by atoms with Gasteiger partial charge in [-0.3, -0.25) is 4.79 Å². The number of nitrogens with zero attached hydrogens (tertiary/aromatic N) is 1. The van der Waals surface area contributed by atoms with Crippen molar-refractivity contribution in [1.29, 1.82) is 0 Å². The van der Waals surface area contributed by atoms with Crippen LogP contribution in [0, 0.1) is 25.5 Å². The maximum absolute atomic E-state index is 14.5. The summed E-state index contributed by atoms with van der Waals surface area (Å²) in [4.78, 5) is 19.1. The molecule has 168 valence electrons. The van der Waals surface area contributed by atoms with Crippen molar-refractivity contribution in [3.63, 3.8) is 0 Å². The van der Waals surface area contributed by atoms with Crippen LogP contribution in [-0.4, -0.2) is 23.0 Å². The Morgan fingerprint density at radius 2 is 1.85 bits per heavy atom. The van der Waals surface area contributed by atoms with E-state index < -0.39 is 11.7 Å². The third kappa shape index (κ3) is 4.09. The third-order valence-electron chi connectivity index (χ3n) is 5.79. The van der Waals surface area contributed by atoms with E-state index in [0.29, 0.717) is 39.2 Å². The number of hydrogen-bond donors (Lipinski definition) is 2. The van der Waals surface area contributed by atoms with Crippen molar-refractivity contribution >= 4 is 23.0 Å². The molecular weight excluding hydrogens is 424 g/mol. The molecule has 0 fully saturated rings. The van der Waals surface area contributed by atoms with Gasteiger partial charge >= 0.3 is 0 Å². The number of fused-ring (bicyclic) bond motifs is 1. The monoisotopic (exact) mass is 447 g/mol. The SMILES string of the molecule is COc1cc(F)c(C)cc1-c1c[nH]c2ncc(-c3cc(F)cc(/C=C(\C)C(N)=O)c3C)cc12. The van der Waals surface area contributed by atoms with E-state index >= 15 is 0 Å². The number of pyridine rings is 1. The number of hydrogen-bond acceptors (Lipinski definition) is 3. The molecule has 4 aromatic rings. The number of amides is 1. The summed E-state index contributed by atoms with van der Waals surface area (Å²) in [6.07, 6.45) is 5.02. The van der Waals surface area contributed by atoms with E-state index in [1.807, 2.05) is 13.0 Å². The van der Waals surface area contributed by atoms with E-state index in [4.69, 9.17) is 10.5 Å². The number of benzene rings is 2. The van der Waals surface area contributed by atoms with E-state index in [1.165, 1.54) is 25.3 Å². The van der Waals surface area contributed by atoms with Gasteiger partial charge in [0.25, 0.3) is 0 Å².